The third-order valence-electron chi connectivity index (χ3n) is 6.27. The summed E-state index contributed by atoms with van der Waals surface area (Å²) in [4.78, 5) is 32.2. The number of likely N-dealkylation sites (tertiary alicyclic amines) is 2. The predicted octanol–water partition coefficient (Wildman–Crippen LogP) is 2.44. The lowest BCUT2D eigenvalue weighted by Gasteiger charge is -2.29. The molecule has 2 aliphatic rings. The number of likely N-dealkylation sites (N-methyl/N-ethyl adjacent to an activating group) is 1. The van der Waals surface area contributed by atoms with Crippen molar-refractivity contribution in [2.24, 2.45) is 0 Å². The Balaban J connectivity index is 1.37. The van der Waals surface area contributed by atoms with Crippen LogP contribution in [0.4, 0.5) is 4.79 Å². The molecule has 4 heterocycles. The Morgan fingerprint density at radius 3 is 2.71 bits per heavy atom. The highest BCUT2D eigenvalue weighted by atomic mass is 16.5. The van der Waals surface area contributed by atoms with Crippen LogP contribution < -0.4 is 0 Å². The third kappa shape index (κ3) is 3.41. The number of methoxy groups -OCH3 is 1. The van der Waals surface area contributed by atoms with Crippen molar-refractivity contribution in [2.75, 3.05) is 33.8 Å². The molecule has 2 amide bonds. The third-order valence-corrected chi connectivity index (χ3v) is 6.27. The summed E-state index contributed by atoms with van der Waals surface area (Å²) in [6.45, 7) is 1.94. The molecule has 0 N–H and O–H groups in total. The maximum Gasteiger partial charge on any atom is 0.409 e. The lowest BCUT2D eigenvalue weighted by atomic mass is 9.96. The van der Waals surface area contributed by atoms with Gasteiger partial charge in [0.15, 0.2) is 5.82 Å². The Morgan fingerprint density at radius 2 is 2.00 bits per heavy atom. The van der Waals surface area contributed by atoms with E-state index in [4.69, 9.17) is 9.26 Å². The number of amides is 2. The molecular weight excluding hydrogens is 400 g/mol. The quantitative estimate of drug-likeness (QED) is 0.636. The molecule has 162 valence electrons. The highest BCUT2D eigenvalue weighted by Gasteiger charge is 2.32. The zero-order chi connectivity index (χ0) is 21.5. The van der Waals surface area contributed by atoms with Gasteiger partial charge in [-0.1, -0.05) is 11.2 Å². The number of hydrogen-bond acceptors (Lipinski definition) is 7. The smallest absolute Gasteiger partial charge is 0.409 e. The second-order valence-electron chi connectivity index (χ2n) is 8.12. The topological polar surface area (TPSA) is 107 Å². The lowest BCUT2D eigenvalue weighted by molar-refractivity contribution is -0.129. The van der Waals surface area contributed by atoms with E-state index in [1.807, 2.05) is 25.2 Å². The van der Waals surface area contributed by atoms with Crippen LogP contribution in [0.2, 0.25) is 0 Å². The highest BCUT2D eigenvalue weighted by Crippen LogP contribution is 2.31. The van der Waals surface area contributed by atoms with E-state index in [2.05, 4.69) is 15.2 Å². The van der Waals surface area contributed by atoms with Crippen LogP contribution in [0.25, 0.3) is 22.4 Å². The van der Waals surface area contributed by atoms with E-state index >= 15 is 0 Å². The fourth-order valence-corrected chi connectivity index (χ4v) is 4.42. The van der Waals surface area contributed by atoms with Gasteiger partial charge < -0.3 is 19.1 Å². The molecular formula is C21H24N6O4. The lowest BCUT2D eigenvalue weighted by Crippen LogP contribution is -2.37. The maximum absolute atomic E-state index is 12.5. The number of carbonyl (C=O) groups excluding carboxylic acids is 2. The molecule has 0 radical (unpaired) electrons. The summed E-state index contributed by atoms with van der Waals surface area (Å²) < 4.78 is 12.1. The minimum Gasteiger partial charge on any atom is -0.453 e. The van der Waals surface area contributed by atoms with Crippen LogP contribution in [-0.4, -0.2) is 75.5 Å². The second-order valence-corrected chi connectivity index (χ2v) is 8.12. The first-order valence-corrected chi connectivity index (χ1v) is 10.4. The van der Waals surface area contributed by atoms with E-state index in [1.165, 1.54) is 7.11 Å². The van der Waals surface area contributed by atoms with Gasteiger partial charge in [-0.05, 0) is 31.4 Å². The van der Waals surface area contributed by atoms with Gasteiger partial charge in [0, 0.05) is 43.5 Å². The molecule has 0 spiro atoms. The van der Waals surface area contributed by atoms with E-state index in [9.17, 15) is 9.59 Å². The van der Waals surface area contributed by atoms with Crippen molar-refractivity contribution in [2.45, 2.75) is 31.2 Å². The first-order chi connectivity index (χ1) is 15.0. The Kier molecular flexibility index (Phi) is 4.84. The van der Waals surface area contributed by atoms with Crippen LogP contribution in [0, 0.1) is 0 Å². The van der Waals surface area contributed by atoms with Gasteiger partial charge in [0.2, 0.25) is 5.91 Å². The van der Waals surface area contributed by atoms with Crippen LogP contribution in [-0.2, 0) is 9.53 Å². The van der Waals surface area contributed by atoms with Gasteiger partial charge in [0.25, 0.3) is 5.89 Å². The monoisotopic (exact) mass is 424 g/mol. The van der Waals surface area contributed by atoms with E-state index in [0.29, 0.717) is 24.8 Å². The highest BCUT2D eigenvalue weighted by molar-refractivity contribution is 5.87. The predicted molar refractivity (Wildman–Crippen MR) is 110 cm³/mol. The largest absolute Gasteiger partial charge is 0.453 e. The fourth-order valence-electron chi connectivity index (χ4n) is 4.42. The van der Waals surface area contributed by atoms with E-state index < -0.39 is 0 Å². The van der Waals surface area contributed by atoms with Crippen LogP contribution in [0.1, 0.15) is 37.0 Å². The molecule has 0 saturated carbocycles. The number of aromatic nitrogens is 4. The van der Waals surface area contributed by atoms with Gasteiger partial charge >= 0.3 is 6.09 Å². The molecule has 0 bridgehead atoms. The van der Waals surface area contributed by atoms with Crippen molar-refractivity contribution in [1.82, 2.24) is 29.7 Å². The molecule has 1 unspecified atom stereocenters. The van der Waals surface area contributed by atoms with Crippen molar-refractivity contribution in [1.29, 1.82) is 0 Å². The normalized spacial score (nSPS) is 20.1. The molecule has 10 heteroatoms. The zero-order valence-electron chi connectivity index (χ0n) is 17.5. The van der Waals surface area contributed by atoms with Crippen LogP contribution in [0.15, 0.2) is 28.9 Å². The number of nitrogens with zero attached hydrogens (tertiary/aromatic N) is 6. The van der Waals surface area contributed by atoms with E-state index in [-0.39, 0.29) is 24.0 Å². The van der Waals surface area contributed by atoms with Gasteiger partial charge in [-0.3, -0.25) is 9.48 Å². The van der Waals surface area contributed by atoms with Crippen molar-refractivity contribution in [3.63, 3.8) is 0 Å². The number of piperidine rings is 1. The fraction of sp³-hybridized carbons (Fsp3) is 0.476. The molecule has 0 aliphatic carbocycles. The number of rotatable bonds is 3. The molecule has 31 heavy (non-hydrogen) atoms. The SMILES string of the molecule is COC(=O)N1CCC(c2noc(-c3ccc4cnn(C5CCN(C)C5=O)c4c3)n2)CC1. The van der Waals surface area contributed by atoms with E-state index in [0.717, 1.165) is 42.3 Å². The summed E-state index contributed by atoms with van der Waals surface area (Å²) in [5.74, 6) is 1.31. The average Bonchev–Trinajstić information content (AvgIpc) is 3.52. The number of benzene rings is 1. The summed E-state index contributed by atoms with van der Waals surface area (Å²) in [6, 6.07) is 5.55. The Morgan fingerprint density at radius 1 is 1.19 bits per heavy atom. The number of ether oxygens (including phenoxy) is 1. The minimum absolute atomic E-state index is 0.0776. The first-order valence-electron chi connectivity index (χ1n) is 10.4. The molecule has 10 nitrogen and oxygen atoms in total. The van der Waals surface area contributed by atoms with Crippen LogP contribution in [0.5, 0.6) is 0 Å². The molecule has 1 aromatic carbocycles. The van der Waals surface area contributed by atoms with Gasteiger partial charge in [-0.25, -0.2) is 4.79 Å². The summed E-state index contributed by atoms with van der Waals surface area (Å²) in [6.07, 6.45) is 3.74. The number of fused-ring (bicyclic) bond motifs is 1. The molecule has 5 rings (SSSR count). The Hall–Kier alpha value is -3.43. The standard InChI is InChI=1S/C21H24N6O4/c1-25-8-7-16(20(25)28)27-17-11-14(3-4-15(17)12-22-27)19-23-18(24-31-19)13-5-9-26(10-6-13)21(29)30-2/h3-4,11-13,16H,5-10H2,1-2H3. The van der Waals surface area contributed by atoms with Crippen molar-refractivity contribution < 1.29 is 18.8 Å². The summed E-state index contributed by atoms with van der Waals surface area (Å²) in [7, 11) is 3.21. The average molecular weight is 424 g/mol. The molecule has 2 aromatic heterocycles. The van der Waals surface area contributed by atoms with Crippen molar-refractivity contribution >= 4 is 22.9 Å². The summed E-state index contributed by atoms with van der Waals surface area (Å²) in [5, 5.41) is 9.62. The van der Waals surface area contributed by atoms with E-state index in [1.54, 1.807) is 20.7 Å². The molecule has 2 aliphatic heterocycles. The second kappa shape index (κ2) is 7.68. The van der Waals surface area contributed by atoms with Crippen molar-refractivity contribution in [3.05, 3.63) is 30.2 Å². The number of hydrogen-bond donors (Lipinski definition) is 0. The van der Waals surface area contributed by atoms with Gasteiger partial charge in [-0.15, -0.1) is 0 Å². The maximum atomic E-state index is 12.5. The minimum atomic E-state index is -0.302. The number of carbonyl (C=O) groups is 2. The first kappa shape index (κ1) is 19.5. The molecule has 3 aromatic rings. The zero-order valence-corrected chi connectivity index (χ0v) is 17.5. The van der Waals surface area contributed by atoms with Gasteiger partial charge in [-0.2, -0.15) is 10.1 Å². The molecule has 2 fully saturated rings. The van der Waals surface area contributed by atoms with Gasteiger partial charge in [0.05, 0.1) is 18.8 Å². The van der Waals surface area contributed by atoms with Gasteiger partial charge in [0.1, 0.15) is 6.04 Å². The Labute approximate surface area is 178 Å². The Bertz CT molecular complexity index is 1130. The molecule has 1 atom stereocenters. The summed E-state index contributed by atoms with van der Waals surface area (Å²) in [5.41, 5.74) is 1.66. The molecule has 2 saturated heterocycles. The van der Waals surface area contributed by atoms with Crippen LogP contribution >= 0.6 is 0 Å². The summed E-state index contributed by atoms with van der Waals surface area (Å²) >= 11 is 0. The van der Waals surface area contributed by atoms with Crippen LogP contribution in [0.3, 0.4) is 0 Å². The van der Waals surface area contributed by atoms with Crippen molar-refractivity contribution in [3.8, 4) is 11.5 Å².